The Bertz CT molecular complexity index is 816. The molecule has 2 amide bonds. The van der Waals surface area contributed by atoms with E-state index in [1.54, 1.807) is 0 Å². The van der Waals surface area contributed by atoms with Crippen LogP contribution in [0.2, 0.25) is 0 Å². The highest BCUT2D eigenvalue weighted by Gasteiger charge is 2.30. The fraction of sp³-hybridized carbons (Fsp3) is 0.391. The maximum atomic E-state index is 12.6. The molecular formula is C23H28N2O2. The zero-order chi connectivity index (χ0) is 19.4. The summed E-state index contributed by atoms with van der Waals surface area (Å²) in [6.07, 6.45) is 3.01. The van der Waals surface area contributed by atoms with Crippen molar-refractivity contribution in [2.24, 2.45) is 11.8 Å². The number of anilines is 2. The summed E-state index contributed by atoms with van der Waals surface area (Å²) in [7, 11) is 0. The molecule has 2 aromatic carbocycles. The van der Waals surface area contributed by atoms with Crippen LogP contribution >= 0.6 is 0 Å². The Morgan fingerprint density at radius 1 is 0.704 bits per heavy atom. The Morgan fingerprint density at radius 2 is 1.19 bits per heavy atom. The second-order valence-electron chi connectivity index (χ2n) is 7.77. The first-order valence-corrected chi connectivity index (χ1v) is 9.67. The van der Waals surface area contributed by atoms with Gasteiger partial charge in [-0.1, -0.05) is 18.2 Å². The second-order valence-corrected chi connectivity index (χ2v) is 7.77. The van der Waals surface area contributed by atoms with E-state index in [4.69, 9.17) is 0 Å². The van der Waals surface area contributed by atoms with Crippen molar-refractivity contribution in [1.82, 2.24) is 0 Å². The Kier molecular flexibility index (Phi) is 5.94. The van der Waals surface area contributed by atoms with E-state index in [-0.39, 0.29) is 23.7 Å². The monoisotopic (exact) mass is 364 g/mol. The van der Waals surface area contributed by atoms with Gasteiger partial charge in [0.25, 0.3) is 0 Å². The van der Waals surface area contributed by atoms with Crippen LogP contribution in [0.1, 0.15) is 42.4 Å². The molecule has 2 aromatic rings. The van der Waals surface area contributed by atoms with Gasteiger partial charge in [0.05, 0.1) is 0 Å². The van der Waals surface area contributed by atoms with Crippen LogP contribution in [-0.2, 0) is 9.59 Å². The minimum absolute atomic E-state index is 0.0178. The quantitative estimate of drug-likeness (QED) is 0.802. The van der Waals surface area contributed by atoms with Crippen LogP contribution in [0.25, 0.3) is 0 Å². The molecule has 0 aromatic heterocycles. The van der Waals surface area contributed by atoms with E-state index < -0.39 is 0 Å². The van der Waals surface area contributed by atoms with E-state index in [2.05, 4.69) is 16.7 Å². The van der Waals surface area contributed by atoms with Gasteiger partial charge in [-0.15, -0.1) is 0 Å². The van der Waals surface area contributed by atoms with Crippen molar-refractivity contribution in [1.29, 1.82) is 0 Å². The van der Waals surface area contributed by atoms with Crippen molar-refractivity contribution >= 4 is 23.2 Å². The molecule has 0 radical (unpaired) electrons. The van der Waals surface area contributed by atoms with Crippen LogP contribution < -0.4 is 10.6 Å². The highest BCUT2D eigenvalue weighted by molar-refractivity contribution is 5.94. The molecule has 3 rings (SSSR count). The minimum Gasteiger partial charge on any atom is -0.326 e. The fourth-order valence-corrected chi connectivity index (χ4v) is 3.88. The van der Waals surface area contributed by atoms with Gasteiger partial charge in [-0.25, -0.2) is 0 Å². The number of hydrogen-bond acceptors (Lipinski definition) is 2. The molecule has 0 aliphatic heterocycles. The van der Waals surface area contributed by atoms with Gasteiger partial charge < -0.3 is 10.6 Å². The number of hydrogen-bond donors (Lipinski definition) is 2. The van der Waals surface area contributed by atoms with Crippen LogP contribution in [0.4, 0.5) is 11.4 Å². The number of rotatable bonds is 4. The highest BCUT2D eigenvalue weighted by atomic mass is 16.2. The zero-order valence-electron chi connectivity index (χ0n) is 16.3. The van der Waals surface area contributed by atoms with E-state index in [1.165, 1.54) is 0 Å². The van der Waals surface area contributed by atoms with Crippen molar-refractivity contribution in [2.75, 3.05) is 10.6 Å². The summed E-state index contributed by atoms with van der Waals surface area (Å²) in [6.45, 7) is 6.07. The zero-order valence-corrected chi connectivity index (χ0v) is 16.3. The number of benzene rings is 2. The molecule has 1 fully saturated rings. The summed E-state index contributed by atoms with van der Waals surface area (Å²) < 4.78 is 0. The van der Waals surface area contributed by atoms with Gasteiger partial charge in [-0.05, 0) is 87.4 Å². The van der Waals surface area contributed by atoms with E-state index >= 15 is 0 Å². The molecule has 0 atom stereocenters. The molecule has 142 valence electrons. The molecule has 1 saturated carbocycles. The van der Waals surface area contributed by atoms with Crippen LogP contribution in [-0.4, -0.2) is 11.8 Å². The number of amides is 2. The lowest BCUT2D eigenvalue weighted by Crippen LogP contribution is -2.32. The molecule has 2 N–H and O–H groups in total. The van der Waals surface area contributed by atoms with Crippen molar-refractivity contribution in [3.63, 3.8) is 0 Å². The van der Waals surface area contributed by atoms with Crippen molar-refractivity contribution in [2.45, 2.75) is 46.5 Å². The summed E-state index contributed by atoms with van der Waals surface area (Å²) in [4.78, 5) is 25.1. The standard InChI is InChI=1S/C23H28N2O2/c1-15-5-4-6-20(12-15)24-22(26)18-7-9-19(10-8-18)23(27)25-21-13-16(2)11-17(3)14-21/h4-6,11-14,18-19H,7-10H2,1-3H3,(H,24,26)(H,25,27). The third-order valence-electron chi connectivity index (χ3n) is 5.24. The van der Waals surface area contributed by atoms with E-state index in [1.807, 2.05) is 57.2 Å². The molecule has 1 aliphatic rings. The van der Waals surface area contributed by atoms with Gasteiger partial charge in [0.2, 0.25) is 11.8 Å². The van der Waals surface area contributed by atoms with Crippen molar-refractivity contribution in [3.05, 3.63) is 59.2 Å². The van der Waals surface area contributed by atoms with E-state index in [0.717, 1.165) is 53.7 Å². The van der Waals surface area contributed by atoms with E-state index in [9.17, 15) is 9.59 Å². The fourth-order valence-electron chi connectivity index (χ4n) is 3.88. The number of aryl methyl sites for hydroxylation is 3. The normalized spacial score (nSPS) is 19.4. The Hall–Kier alpha value is -2.62. The number of carbonyl (C=O) groups excluding carboxylic acids is 2. The van der Waals surface area contributed by atoms with E-state index in [0.29, 0.717) is 0 Å². The van der Waals surface area contributed by atoms with Gasteiger partial charge in [0.1, 0.15) is 0 Å². The first-order chi connectivity index (χ1) is 12.9. The summed E-state index contributed by atoms with van der Waals surface area (Å²) in [5, 5.41) is 6.05. The average Bonchev–Trinajstić information content (AvgIpc) is 2.61. The van der Waals surface area contributed by atoms with Gasteiger partial charge >= 0.3 is 0 Å². The Balaban J connectivity index is 1.52. The summed E-state index contributed by atoms with van der Waals surface area (Å²) in [5.41, 5.74) is 5.11. The molecule has 1 aliphatic carbocycles. The largest absolute Gasteiger partial charge is 0.326 e. The number of carbonyl (C=O) groups is 2. The lowest BCUT2D eigenvalue weighted by molar-refractivity contribution is -0.125. The summed E-state index contributed by atoms with van der Waals surface area (Å²) in [6, 6.07) is 13.9. The topological polar surface area (TPSA) is 58.2 Å². The molecule has 0 heterocycles. The molecule has 0 spiro atoms. The molecule has 0 bridgehead atoms. The molecule has 4 nitrogen and oxygen atoms in total. The van der Waals surface area contributed by atoms with Gasteiger partial charge in [-0.3, -0.25) is 9.59 Å². The summed E-state index contributed by atoms with van der Waals surface area (Å²) in [5.74, 6) is 0.0934. The minimum atomic E-state index is -0.0196. The second kappa shape index (κ2) is 8.38. The third kappa shape index (κ3) is 5.19. The SMILES string of the molecule is Cc1cccc(NC(=O)C2CCC(C(=O)Nc3cc(C)cc(C)c3)CC2)c1. The molecule has 0 saturated heterocycles. The molecule has 0 unspecified atom stereocenters. The first-order valence-electron chi connectivity index (χ1n) is 9.67. The highest BCUT2D eigenvalue weighted by Crippen LogP contribution is 2.31. The van der Waals surface area contributed by atoms with Crippen LogP contribution in [0, 0.1) is 32.6 Å². The predicted molar refractivity (Wildman–Crippen MR) is 110 cm³/mol. The lowest BCUT2D eigenvalue weighted by Gasteiger charge is -2.27. The van der Waals surface area contributed by atoms with Gasteiger partial charge in [0.15, 0.2) is 0 Å². The van der Waals surface area contributed by atoms with Crippen molar-refractivity contribution in [3.8, 4) is 0 Å². The smallest absolute Gasteiger partial charge is 0.227 e. The lowest BCUT2D eigenvalue weighted by atomic mass is 9.81. The summed E-state index contributed by atoms with van der Waals surface area (Å²) >= 11 is 0. The maximum Gasteiger partial charge on any atom is 0.227 e. The van der Waals surface area contributed by atoms with Crippen LogP contribution in [0.3, 0.4) is 0 Å². The predicted octanol–water partition coefficient (Wildman–Crippen LogP) is 5.00. The molecular weight excluding hydrogens is 336 g/mol. The Labute approximate surface area is 161 Å². The van der Waals surface area contributed by atoms with Gasteiger partial charge in [-0.2, -0.15) is 0 Å². The first kappa shape index (κ1) is 19.2. The third-order valence-corrected chi connectivity index (χ3v) is 5.24. The Morgan fingerprint density at radius 3 is 1.70 bits per heavy atom. The van der Waals surface area contributed by atoms with Crippen LogP contribution in [0.5, 0.6) is 0 Å². The van der Waals surface area contributed by atoms with Crippen molar-refractivity contribution < 1.29 is 9.59 Å². The van der Waals surface area contributed by atoms with Gasteiger partial charge in [0, 0.05) is 23.2 Å². The maximum absolute atomic E-state index is 12.6. The number of nitrogens with one attached hydrogen (secondary N) is 2. The average molecular weight is 364 g/mol. The molecule has 27 heavy (non-hydrogen) atoms. The van der Waals surface area contributed by atoms with Crippen LogP contribution in [0.15, 0.2) is 42.5 Å². The molecule has 4 heteroatoms.